The van der Waals surface area contributed by atoms with Gasteiger partial charge in [0.25, 0.3) is 0 Å². The lowest BCUT2D eigenvalue weighted by Gasteiger charge is -2.38. The van der Waals surface area contributed by atoms with E-state index in [0.29, 0.717) is 6.04 Å². The fourth-order valence-corrected chi connectivity index (χ4v) is 3.13. The van der Waals surface area contributed by atoms with Gasteiger partial charge >= 0.3 is 0 Å². The van der Waals surface area contributed by atoms with Gasteiger partial charge in [0.1, 0.15) is 0 Å². The number of aromatic nitrogens is 1. The highest BCUT2D eigenvalue weighted by molar-refractivity contribution is 5.10. The molecular weight excluding hydrogens is 234 g/mol. The van der Waals surface area contributed by atoms with E-state index in [2.05, 4.69) is 42.1 Å². The second kappa shape index (κ2) is 6.68. The van der Waals surface area contributed by atoms with Crippen molar-refractivity contribution >= 4 is 0 Å². The molecule has 0 radical (unpaired) electrons. The Bertz CT molecular complexity index is 423. The zero-order valence-electron chi connectivity index (χ0n) is 11.9. The van der Waals surface area contributed by atoms with Crippen LogP contribution in [0, 0.1) is 23.2 Å². The smallest absolute Gasteiger partial charge is 0.0672 e. The first-order valence-corrected chi connectivity index (χ1v) is 7.23. The molecule has 0 spiro atoms. The average molecular weight is 257 g/mol. The quantitative estimate of drug-likeness (QED) is 0.831. The van der Waals surface area contributed by atoms with Gasteiger partial charge in [-0.3, -0.25) is 9.88 Å². The predicted molar refractivity (Wildman–Crippen MR) is 76.2 cm³/mol. The highest BCUT2D eigenvalue weighted by Gasteiger charge is 2.32. The zero-order chi connectivity index (χ0) is 13.7. The fraction of sp³-hybridized carbons (Fsp3) is 0.625. The molecule has 0 saturated heterocycles. The Labute approximate surface area is 116 Å². The van der Waals surface area contributed by atoms with Crippen LogP contribution in [-0.4, -0.2) is 23.0 Å². The van der Waals surface area contributed by atoms with Crippen molar-refractivity contribution in [3.05, 3.63) is 30.1 Å². The highest BCUT2D eigenvalue weighted by atomic mass is 15.1. The first kappa shape index (κ1) is 14.0. The first-order valence-electron chi connectivity index (χ1n) is 7.23. The summed E-state index contributed by atoms with van der Waals surface area (Å²) >= 11 is 0. The number of hydrogen-bond acceptors (Lipinski definition) is 3. The molecule has 1 aliphatic rings. The number of hydrogen-bond donors (Lipinski definition) is 0. The molecule has 1 aromatic rings. The lowest BCUT2D eigenvalue weighted by molar-refractivity contribution is 0.118. The van der Waals surface area contributed by atoms with Gasteiger partial charge in [-0.2, -0.15) is 5.26 Å². The SMILES string of the molecule is CCC1CCC(C#N)C(N(C)Cc2ccncc2)C1. The molecule has 0 aliphatic heterocycles. The van der Waals surface area contributed by atoms with Gasteiger partial charge < -0.3 is 0 Å². The van der Waals surface area contributed by atoms with Crippen molar-refractivity contribution in [2.45, 2.75) is 45.2 Å². The molecule has 1 fully saturated rings. The van der Waals surface area contributed by atoms with E-state index >= 15 is 0 Å². The van der Waals surface area contributed by atoms with Gasteiger partial charge in [0.15, 0.2) is 0 Å². The minimum atomic E-state index is 0.189. The Morgan fingerprint density at radius 1 is 1.37 bits per heavy atom. The van der Waals surface area contributed by atoms with Gasteiger partial charge in [0.05, 0.1) is 12.0 Å². The lowest BCUT2D eigenvalue weighted by Crippen LogP contribution is -2.41. The van der Waals surface area contributed by atoms with E-state index in [1.54, 1.807) is 0 Å². The van der Waals surface area contributed by atoms with E-state index < -0.39 is 0 Å². The summed E-state index contributed by atoms with van der Waals surface area (Å²) in [4.78, 5) is 6.40. The predicted octanol–water partition coefficient (Wildman–Crippen LogP) is 3.23. The van der Waals surface area contributed by atoms with E-state index in [1.165, 1.54) is 18.4 Å². The monoisotopic (exact) mass is 257 g/mol. The summed E-state index contributed by atoms with van der Waals surface area (Å²) in [7, 11) is 2.15. The van der Waals surface area contributed by atoms with Crippen molar-refractivity contribution in [2.75, 3.05) is 7.05 Å². The fourth-order valence-electron chi connectivity index (χ4n) is 3.13. The molecule has 102 valence electrons. The Morgan fingerprint density at radius 3 is 2.74 bits per heavy atom. The van der Waals surface area contributed by atoms with Crippen molar-refractivity contribution in [3.8, 4) is 6.07 Å². The second-order valence-electron chi connectivity index (χ2n) is 5.66. The van der Waals surface area contributed by atoms with Gasteiger partial charge in [0.2, 0.25) is 0 Å². The van der Waals surface area contributed by atoms with E-state index in [0.717, 1.165) is 25.3 Å². The minimum absolute atomic E-state index is 0.189. The van der Waals surface area contributed by atoms with Gasteiger partial charge in [-0.15, -0.1) is 0 Å². The molecule has 0 aromatic carbocycles. The molecule has 3 unspecified atom stereocenters. The molecule has 1 aromatic heterocycles. The van der Waals surface area contributed by atoms with Gasteiger partial charge in [-0.1, -0.05) is 13.3 Å². The van der Waals surface area contributed by atoms with Crippen LogP contribution in [0.3, 0.4) is 0 Å². The molecule has 2 rings (SSSR count). The number of nitriles is 1. The Hall–Kier alpha value is -1.40. The normalized spacial score (nSPS) is 27.2. The summed E-state index contributed by atoms with van der Waals surface area (Å²) in [5.74, 6) is 0.976. The van der Waals surface area contributed by atoms with Gasteiger partial charge in [-0.05, 0) is 49.9 Å². The standard InChI is InChI=1S/C16H23N3/c1-3-13-4-5-15(11-17)16(10-13)19(2)12-14-6-8-18-9-7-14/h6-9,13,15-16H,3-5,10,12H2,1-2H3. The summed E-state index contributed by atoms with van der Waals surface area (Å²) in [6.45, 7) is 3.17. The van der Waals surface area contributed by atoms with E-state index in [9.17, 15) is 5.26 Å². The Kier molecular flexibility index (Phi) is 4.93. The molecule has 0 amide bonds. The third kappa shape index (κ3) is 3.54. The van der Waals surface area contributed by atoms with Crippen molar-refractivity contribution < 1.29 is 0 Å². The van der Waals surface area contributed by atoms with Crippen LogP contribution in [0.25, 0.3) is 0 Å². The van der Waals surface area contributed by atoms with Gasteiger partial charge in [-0.25, -0.2) is 0 Å². The third-order valence-corrected chi connectivity index (χ3v) is 4.42. The number of nitrogens with zero attached hydrogens (tertiary/aromatic N) is 3. The molecule has 3 heteroatoms. The van der Waals surface area contributed by atoms with Crippen LogP contribution in [0.15, 0.2) is 24.5 Å². The van der Waals surface area contributed by atoms with Gasteiger partial charge in [0, 0.05) is 25.0 Å². The Morgan fingerprint density at radius 2 is 2.11 bits per heavy atom. The highest BCUT2D eigenvalue weighted by Crippen LogP contribution is 2.33. The minimum Gasteiger partial charge on any atom is -0.298 e. The summed E-state index contributed by atoms with van der Waals surface area (Å²) in [6.07, 6.45) is 8.34. The van der Waals surface area contributed by atoms with E-state index in [1.807, 2.05) is 12.4 Å². The summed E-state index contributed by atoms with van der Waals surface area (Å²) in [6, 6.07) is 7.02. The van der Waals surface area contributed by atoms with Crippen LogP contribution in [-0.2, 0) is 6.54 Å². The molecule has 3 atom stereocenters. The van der Waals surface area contributed by atoms with Crippen LogP contribution in [0.2, 0.25) is 0 Å². The molecule has 1 saturated carbocycles. The van der Waals surface area contributed by atoms with Crippen LogP contribution >= 0.6 is 0 Å². The van der Waals surface area contributed by atoms with Crippen LogP contribution in [0.5, 0.6) is 0 Å². The Balaban J connectivity index is 2.02. The maximum absolute atomic E-state index is 9.35. The number of rotatable bonds is 4. The molecule has 0 bridgehead atoms. The van der Waals surface area contributed by atoms with E-state index in [-0.39, 0.29) is 5.92 Å². The summed E-state index contributed by atoms with van der Waals surface area (Å²) in [5, 5.41) is 9.35. The topological polar surface area (TPSA) is 39.9 Å². The van der Waals surface area contributed by atoms with E-state index in [4.69, 9.17) is 0 Å². The first-order chi connectivity index (χ1) is 9.24. The van der Waals surface area contributed by atoms with Crippen LogP contribution in [0.1, 0.15) is 38.2 Å². The molecule has 3 nitrogen and oxygen atoms in total. The molecular formula is C16H23N3. The average Bonchev–Trinajstić information content (AvgIpc) is 2.47. The van der Waals surface area contributed by atoms with Crippen molar-refractivity contribution in [1.29, 1.82) is 5.26 Å². The van der Waals surface area contributed by atoms with Crippen molar-refractivity contribution in [2.24, 2.45) is 11.8 Å². The molecule has 19 heavy (non-hydrogen) atoms. The van der Waals surface area contributed by atoms with Crippen LogP contribution < -0.4 is 0 Å². The summed E-state index contributed by atoms with van der Waals surface area (Å²) < 4.78 is 0. The largest absolute Gasteiger partial charge is 0.298 e. The number of pyridine rings is 1. The second-order valence-corrected chi connectivity index (χ2v) is 5.66. The summed E-state index contributed by atoms with van der Waals surface area (Å²) in [5.41, 5.74) is 1.27. The maximum Gasteiger partial charge on any atom is 0.0672 e. The maximum atomic E-state index is 9.35. The third-order valence-electron chi connectivity index (χ3n) is 4.42. The molecule has 1 heterocycles. The van der Waals surface area contributed by atoms with Crippen molar-refractivity contribution in [1.82, 2.24) is 9.88 Å². The molecule has 1 aliphatic carbocycles. The zero-order valence-corrected chi connectivity index (χ0v) is 11.9. The van der Waals surface area contributed by atoms with Crippen LogP contribution in [0.4, 0.5) is 0 Å². The van der Waals surface area contributed by atoms with Crippen molar-refractivity contribution in [3.63, 3.8) is 0 Å². The molecule has 0 N–H and O–H groups in total. The lowest BCUT2D eigenvalue weighted by atomic mass is 9.77.